The first-order valence-corrected chi connectivity index (χ1v) is 8.11. The minimum atomic E-state index is 0.627. The van der Waals surface area contributed by atoms with E-state index in [4.69, 9.17) is 11.6 Å². The molecule has 122 valence electrons. The molecule has 0 aliphatic carbocycles. The van der Waals surface area contributed by atoms with E-state index >= 15 is 0 Å². The lowest BCUT2D eigenvalue weighted by molar-refractivity contribution is 0.990. The van der Waals surface area contributed by atoms with Gasteiger partial charge in [-0.25, -0.2) is 9.97 Å². The lowest BCUT2D eigenvalue weighted by Crippen LogP contribution is -2.08. The number of pyridine rings is 1. The fraction of sp³-hybridized carbons (Fsp3) is 0.167. The Hall–Kier alpha value is -2.66. The maximum Gasteiger partial charge on any atom is 0.131 e. The molecular weight excluding hydrogens is 322 g/mol. The zero-order valence-electron chi connectivity index (χ0n) is 13.1. The van der Waals surface area contributed by atoms with Crippen molar-refractivity contribution in [3.05, 3.63) is 77.3 Å². The van der Waals surface area contributed by atoms with Crippen LogP contribution in [0, 0.1) is 0 Å². The van der Waals surface area contributed by atoms with E-state index in [2.05, 4.69) is 25.6 Å². The van der Waals surface area contributed by atoms with Gasteiger partial charge in [0.15, 0.2) is 0 Å². The minimum absolute atomic E-state index is 0.627. The fourth-order valence-electron chi connectivity index (χ4n) is 2.22. The number of anilines is 2. The second-order valence-corrected chi connectivity index (χ2v) is 5.70. The second kappa shape index (κ2) is 8.26. The third-order valence-corrected chi connectivity index (χ3v) is 3.73. The van der Waals surface area contributed by atoms with Crippen LogP contribution in [-0.2, 0) is 13.0 Å². The number of nitrogens with one attached hydrogen (secondary N) is 2. The van der Waals surface area contributed by atoms with E-state index in [0.29, 0.717) is 6.54 Å². The first kappa shape index (κ1) is 16.2. The molecule has 0 amide bonds. The van der Waals surface area contributed by atoms with Gasteiger partial charge in [0.1, 0.15) is 18.0 Å². The van der Waals surface area contributed by atoms with Crippen molar-refractivity contribution in [2.45, 2.75) is 13.0 Å². The molecule has 0 aliphatic heterocycles. The average Bonchev–Trinajstić information content (AvgIpc) is 2.63. The van der Waals surface area contributed by atoms with Crippen molar-refractivity contribution >= 4 is 23.2 Å². The topological polar surface area (TPSA) is 62.7 Å². The van der Waals surface area contributed by atoms with Crippen LogP contribution in [0.25, 0.3) is 0 Å². The smallest absolute Gasteiger partial charge is 0.131 e. The predicted molar refractivity (Wildman–Crippen MR) is 97.2 cm³/mol. The molecule has 0 unspecified atom stereocenters. The third-order valence-electron chi connectivity index (χ3n) is 3.48. The summed E-state index contributed by atoms with van der Waals surface area (Å²) in [6.07, 6.45) is 4.23. The van der Waals surface area contributed by atoms with Gasteiger partial charge in [0, 0.05) is 23.8 Å². The average molecular weight is 340 g/mol. The summed E-state index contributed by atoms with van der Waals surface area (Å²) in [6, 6.07) is 15.6. The number of rotatable bonds is 7. The van der Waals surface area contributed by atoms with Crippen LogP contribution in [0.5, 0.6) is 0 Å². The van der Waals surface area contributed by atoms with Crippen molar-refractivity contribution in [2.75, 3.05) is 17.2 Å². The molecule has 2 aromatic heterocycles. The molecule has 3 aromatic rings. The monoisotopic (exact) mass is 339 g/mol. The first-order chi connectivity index (χ1) is 11.8. The Bertz CT molecular complexity index is 762. The molecule has 1 aromatic carbocycles. The molecule has 0 bridgehead atoms. The maximum atomic E-state index is 5.89. The van der Waals surface area contributed by atoms with Crippen LogP contribution in [0.4, 0.5) is 11.6 Å². The molecule has 24 heavy (non-hydrogen) atoms. The molecule has 6 heteroatoms. The van der Waals surface area contributed by atoms with E-state index in [0.717, 1.165) is 35.3 Å². The van der Waals surface area contributed by atoms with Crippen molar-refractivity contribution in [3.8, 4) is 0 Å². The summed E-state index contributed by atoms with van der Waals surface area (Å²) in [7, 11) is 0. The summed E-state index contributed by atoms with van der Waals surface area (Å²) in [5, 5.41) is 7.31. The predicted octanol–water partition coefficient (Wildman–Crippen LogP) is 3.79. The molecule has 3 rings (SSSR count). The lowest BCUT2D eigenvalue weighted by atomic mass is 10.1. The molecule has 0 saturated carbocycles. The normalized spacial score (nSPS) is 10.4. The van der Waals surface area contributed by atoms with Crippen molar-refractivity contribution in [2.24, 2.45) is 0 Å². The summed E-state index contributed by atoms with van der Waals surface area (Å²) in [5.74, 6) is 1.56. The number of halogens is 1. The minimum Gasteiger partial charge on any atom is -0.370 e. The van der Waals surface area contributed by atoms with Crippen LogP contribution in [0.15, 0.2) is 61.1 Å². The van der Waals surface area contributed by atoms with Crippen LogP contribution in [0.3, 0.4) is 0 Å². The highest BCUT2D eigenvalue weighted by molar-refractivity contribution is 6.30. The molecule has 0 radical (unpaired) electrons. The Morgan fingerprint density at radius 2 is 1.67 bits per heavy atom. The summed E-state index contributed by atoms with van der Waals surface area (Å²) in [4.78, 5) is 12.7. The highest BCUT2D eigenvalue weighted by Gasteiger charge is 2.00. The van der Waals surface area contributed by atoms with Gasteiger partial charge >= 0.3 is 0 Å². The van der Waals surface area contributed by atoms with Crippen LogP contribution in [-0.4, -0.2) is 21.5 Å². The zero-order chi connectivity index (χ0) is 16.6. The van der Waals surface area contributed by atoms with Crippen molar-refractivity contribution in [1.29, 1.82) is 0 Å². The molecule has 2 heterocycles. The Morgan fingerprint density at radius 3 is 2.42 bits per heavy atom. The van der Waals surface area contributed by atoms with Crippen LogP contribution in [0.2, 0.25) is 5.02 Å². The van der Waals surface area contributed by atoms with E-state index in [1.165, 1.54) is 5.56 Å². The van der Waals surface area contributed by atoms with Gasteiger partial charge in [-0.1, -0.05) is 29.8 Å². The SMILES string of the molecule is Clc1ccc(CCNc2cc(NCc3ccccn3)ncn2)cc1. The molecule has 2 N–H and O–H groups in total. The standard InChI is InChI=1S/C18H18ClN5/c19-15-6-4-14(5-7-15)8-10-21-17-11-18(24-13-23-17)22-12-16-3-1-2-9-20-16/h1-7,9,11,13H,8,10,12H2,(H2,21,22,23,24). The molecule has 5 nitrogen and oxygen atoms in total. The number of aromatic nitrogens is 3. The lowest BCUT2D eigenvalue weighted by Gasteiger charge is -2.08. The highest BCUT2D eigenvalue weighted by Crippen LogP contribution is 2.12. The van der Waals surface area contributed by atoms with Gasteiger partial charge in [0.2, 0.25) is 0 Å². The molecule has 0 atom stereocenters. The van der Waals surface area contributed by atoms with Crippen molar-refractivity contribution < 1.29 is 0 Å². The molecule has 0 aliphatic rings. The Balaban J connectivity index is 1.50. The van der Waals surface area contributed by atoms with Gasteiger partial charge in [-0.15, -0.1) is 0 Å². The summed E-state index contributed by atoms with van der Waals surface area (Å²) in [6.45, 7) is 1.42. The molecule has 0 fully saturated rings. The highest BCUT2D eigenvalue weighted by atomic mass is 35.5. The van der Waals surface area contributed by atoms with Gasteiger partial charge in [-0.3, -0.25) is 4.98 Å². The Labute approximate surface area is 146 Å². The zero-order valence-corrected chi connectivity index (χ0v) is 13.9. The third kappa shape index (κ3) is 4.93. The fourth-order valence-corrected chi connectivity index (χ4v) is 2.35. The Morgan fingerprint density at radius 1 is 0.875 bits per heavy atom. The van der Waals surface area contributed by atoms with Gasteiger partial charge in [0.05, 0.1) is 12.2 Å². The largest absolute Gasteiger partial charge is 0.370 e. The number of nitrogens with zero attached hydrogens (tertiary/aromatic N) is 3. The van der Waals surface area contributed by atoms with E-state index < -0.39 is 0 Å². The van der Waals surface area contributed by atoms with Gasteiger partial charge in [-0.05, 0) is 36.2 Å². The second-order valence-electron chi connectivity index (χ2n) is 5.27. The quantitative estimate of drug-likeness (QED) is 0.685. The van der Waals surface area contributed by atoms with E-state index in [9.17, 15) is 0 Å². The van der Waals surface area contributed by atoms with E-state index in [-0.39, 0.29) is 0 Å². The Kier molecular flexibility index (Phi) is 5.58. The van der Waals surface area contributed by atoms with Crippen LogP contribution >= 0.6 is 11.6 Å². The first-order valence-electron chi connectivity index (χ1n) is 7.74. The number of hydrogen-bond acceptors (Lipinski definition) is 5. The number of hydrogen-bond donors (Lipinski definition) is 2. The summed E-state index contributed by atoms with van der Waals surface area (Å²) in [5.41, 5.74) is 2.20. The van der Waals surface area contributed by atoms with Gasteiger partial charge in [-0.2, -0.15) is 0 Å². The maximum absolute atomic E-state index is 5.89. The van der Waals surface area contributed by atoms with Gasteiger partial charge in [0.25, 0.3) is 0 Å². The van der Waals surface area contributed by atoms with E-state index in [1.54, 1.807) is 12.5 Å². The molecule has 0 spiro atoms. The van der Waals surface area contributed by atoms with E-state index in [1.807, 2.05) is 48.5 Å². The summed E-state index contributed by atoms with van der Waals surface area (Å²) < 4.78 is 0. The molecular formula is C18H18ClN5. The van der Waals surface area contributed by atoms with Crippen molar-refractivity contribution in [1.82, 2.24) is 15.0 Å². The number of benzene rings is 1. The van der Waals surface area contributed by atoms with Gasteiger partial charge < -0.3 is 10.6 Å². The van der Waals surface area contributed by atoms with Crippen LogP contribution in [0.1, 0.15) is 11.3 Å². The van der Waals surface area contributed by atoms with Crippen LogP contribution < -0.4 is 10.6 Å². The van der Waals surface area contributed by atoms with Crippen molar-refractivity contribution in [3.63, 3.8) is 0 Å². The summed E-state index contributed by atoms with van der Waals surface area (Å²) >= 11 is 5.89. The molecule has 0 saturated heterocycles.